The van der Waals surface area contributed by atoms with Gasteiger partial charge in [-0.1, -0.05) is 44.7 Å². The molecule has 0 amide bonds. The Hall–Kier alpha value is -1.77. The van der Waals surface area contributed by atoms with E-state index in [2.05, 4.69) is 13.8 Å². The summed E-state index contributed by atoms with van der Waals surface area (Å²) in [6.07, 6.45) is 10.4. The fourth-order valence-electron chi connectivity index (χ4n) is 2.15. The number of hydrogen-bond acceptors (Lipinski definition) is 2. The van der Waals surface area contributed by atoms with Crippen molar-refractivity contribution in [1.82, 2.24) is 0 Å². The van der Waals surface area contributed by atoms with Crippen LogP contribution in [0, 0.1) is 0 Å². The van der Waals surface area contributed by atoms with Crippen LogP contribution in [0.15, 0.2) is 30.3 Å². The lowest BCUT2D eigenvalue weighted by Crippen LogP contribution is -2.11. The molecule has 3 nitrogen and oxygen atoms in total. The first-order valence-electron chi connectivity index (χ1n) is 7.79. The van der Waals surface area contributed by atoms with E-state index in [0.717, 1.165) is 23.8 Å². The maximum atomic E-state index is 10.4. The molecule has 0 aliphatic rings. The topological polar surface area (TPSA) is 46.5 Å². The lowest BCUT2D eigenvalue weighted by Gasteiger charge is -2.14. The summed E-state index contributed by atoms with van der Waals surface area (Å²) in [5, 5.41) is 8.57. The molecule has 1 aromatic rings. The standard InChI is InChI=1S/C18H26O3/c1-3-4-5-6-7-8-15(2)21-17-12-9-16(10-13-17)11-14-18(19)20/h9-15H,3-8H2,1-2H3,(H,19,20). The van der Waals surface area contributed by atoms with Crippen LogP contribution in [-0.4, -0.2) is 17.2 Å². The van der Waals surface area contributed by atoms with E-state index >= 15 is 0 Å². The Bertz CT molecular complexity index is 434. The number of unbranched alkanes of at least 4 members (excludes halogenated alkanes) is 4. The first kappa shape index (κ1) is 17.3. The Kier molecular flexibility index (Phi) is 8.25. The van der Waals surface area contributed by atoms with E-state index < -0.39 is 5.97 Å². The van der Waals surface area contributed by atoms with E-state index in [1.807, 2.05) is 24.3 Å². The predicted octanol–water partition coefficient (Wildman–Crippen LogP) is 4.91. The third kappa shape index (κ3) is 8.18. The molecule has 0 saturated carbocycles. The van der Waals surface area contributed by atoms with Gasteiger partial charge >= 0.3 is 5.97 Å². The number of benzene rings is 1. The van der Waals surface area contributed by atoms with Gasteiger partial charge in [-0.25, -0.2) is 4.79 Å². The fraction of sp³-hybridized carbons (Fsp3) is 0.500. The van der Waals surface area contributed by atoms with Crippen molar-refractivity contribution >= 4 is 12.0 Å². The Morgan fingerprint density at radius 3 is 2.48 bits per heavy atom. The normalized spacial score (nSPS) is 12.5. The molecular formula is C18H26O3. The number of ether oxygens (including phenoxy) is 1. The average molecular weight is 290 g/mol. The summed E-state index contributed by atoms with van der Waals surface area (Å²) in [6, 6.07) is 7.50. The van der Waals surface area contributed by atoms with E-state index in [0.29, 0.717) is 0 Å². The molecule has 1 N–H and O–H groups in total. The summed E-state index contributed by atoms with van der Waals surface area (Å²) in [6.45, 7) is 4.32. The van der Waals surface area contributed by atoms with Gasteiger partial charge in [-0.2, -0.15) is 0 Å². The zero-order chi connectivity index (χ0) is 15.5. The summed E-state index contributed by atoms with van der Waals surface area (Å²) < 4.78 is 5.86. The van der Waals surface area contributed by atoms with Gasteiger partial charge in [0.1, 0.15) is 5.75 Å². The van der Waals surface area contributed by atoms with Crippen LogP contribution in [-0.2, 0) is 4.79 Å². The quantitative estimate of drug-likeness (QED) is 0.492. The Labute approximate surface area is 127 Å². The minimum absolute atomic E-state index is 0.215. The van der Waals surface area contributed by atoms with Crippen LogP contribution in [0.5, 0.6) is 5.75 Å². The zero-order valence-corrected chi connectivity index (χ0v) is 13.0. The Balaban J connectivity index is 2.32. The van der Waals surface area contributed by atoms with Gasteiger partial charge in [-0.05, 0) is 43.5 Å². The molecule has 1 rings (SSSR count). The molecule has 0 saturated heterocycles. The minimum Gasteiger partial charge on any atom is -0.491 e. The second kappa shape index (κ2) is 10.0. The van der Waals surface area contributed by atoms with E-state index in [1.165, 1.54) is 32.1 Å². The highest BCUT2D eigenvalue weighted by molar-refractivity contribution is 5.85. The number of hydrogen-bond donors (Lipinski definition) is 1. The molecule has 1 aromatic carbocycles. The second-order valence-corrected chi connectivity index (χ2v) is 5.37. The summed E-state index contributed by atoms with van der Waals surface area (Å²) in [7, 11) is 0. The third-order valence-corrected chi connectivity index (χ3v) is 3.35. The van der Waals surface area contributed by atoms with Crippen molar-refractivity contribution in [1.29, 1.82) is 0 Å². The molecule has 0 spiro atoms. The largest absolute Gasteiger partial charge is 0.491 e. The van der Waals surface area contributed by atoms with Crippen LogP contribution in [0.25, 0.3) is 6.08 Å². The van der Waals surface area contributed by atoms with E-state index in [1.54, 1.807) is 6.08 Å². The van der Waals surface area contributed by atoms with Gasteiger partial charge in [-0.3, -0.25) is 0 Å². The number of aliphatic carboxylic acids is 1. The summed E-state index contributed by atoms with van der Waals surface area (Å²) in [5.74, 6) is -0.101. The molecule has 0 heterocycles. The Morgan fingerprint density at radius 1 is 1.19 bits per heavy atom. The molecule has 0 fully saturated rings. The van der Waals surface area contributed by atoms with E-state index in [9.17, 15) is 4.79 Å². The van der Waals surface area contributed by atoms with Crippen molar-refractivity contribution in [2.75, 3.05) is 0 Å². The number of rotatable bonds is 10. The molecule has 0 aromatic heterocycles. The van der Waals surface area contributed by atoms with Crippen molar-refractivity contribution < 1.29 is 14.6 Å². The van der Waals surface area contributed by atoms with Crippen molar-refractivity contribution in [3.8, 4) is 5.75 Å². The molecule has 0 bridgehead atoms. The van der Waals surface area contributed by atoms with Crippen LogP contribution in [0.2, 0.25) is 0 Å². The molecule has 0 radical (unpaired) electrons. The maximum absolute atomic E-state index is 10.4. The van der Waals surface area contributed by atoms with Crippen LogP contribution in [0.1, 0.15) is 57.9 Å². The molecule has 0 aliphatic carbocycles. The summed E-state index contributed by atoms with van der Waals surface area (Å²) in [4.78, 5) is 10.4. The predicted molar refractivity (Wildman–Crippen MR) is 86.6 cm³/mol. The highest BCUT2D eigenvalue weighted by Gasteiger charge is 2.03. The van der Waals surface area contributed by atoms with Gasteiger partial charge in [0, 0.05) is 6.08 Å². The fourth-order valence-corrected chi connectivity index (χ4v) is 2.15. The highest BCUT2D eigenvalue weighted by atomic mass is 16.5. The Morgan fingerprint density at radius 2 is 1.86 bits per heavy atom. The molecule has 116 valence electrons. The van der Waals surface area contributed by atoms with Crippen LogP contribution < -0.4 is 4.74 Å². The number of carbonyl (C=O) groups is 1. The van der Waals surface area contributed by atoms with Crippen LogP contribution in [0.3, 0.4) is 0 Å². The molecular weight excluding hydrogens is 264 g/mol. The molecule has 0 aliphatic heterocycles. The van der Waals surface area contributed by atoms with E-state index in [4.69, 9.17) is 9.84 Å². The van der Waals surface area contributed by atoms with Crippen molar-refractivity contribution in [2.24, 2.45) is 0 Å². The second-order valence-electron chi connectivity index (χ2n) is 5.37. The molecule has 1 unspecified atom stereocenters. The first-order valence-corrected chi connectivity index (χ1v) is 7.79. The monoisotopic (exact) mass is 290 g/mol. The van der Waals surface area contributed by atoms with Gasteiger partial charge in [0.05, 0.1) is 6.10 Å². The molecule has 3 heteroatoms. The van der Waals surface area contributed by atoms with Gasteiger partial charge < -0.3 is 9.84 Å². The zero-order valence-electron chi connectivity index (χ0n) is 13.0. The maximum Gasteiger partial charge on any atom is 0.328 e. The highest BCUT2D eigenvalue weighted by Crippen LogP contribution is 2.17. The molecule has 1 atom stereocenters. The lowest BCUT2D eigenvalue weighted by molar-refractivity contribution is -0.131. The van der Waals surface area contributed by atoms with Gasteiger partial charge in [0.15, 0.2) is 0 Å². The van der Waals surface area contributed by atoms with Crippen molar-refractivity contribution in [3.05, 3.63) is 35.9 Å². The van der Waals surface area contributed by atoms with Crippen LogP contribution >= 0.6 is 0 Å². The van der Waals surface area contributed by atoms with Gasteiger partial charge in [-0.15, -0.1) is 0 Å². The van der Waals surface area contributed by atoms with Crippen LogP contribution in [0.4, 0.5) is 0 Å². The first-order chi connectivity index (χ1) is 10.1. The number of carboxylic acid groups (broad SMARTS) is 1. The average Bonchev–Trinajstić information content (AvgIpc) is 2.46. The van der Waals surface area contributed by atoms with Gasteiger partial charge in [0.2, 0.25) is 0 Å². The van der Waals surface area contributed by atoms with Gasteiger partial charge in [0.25, 0.3) is 0 Å². The van der Waals surface area contributed by atoms with Crippen molar-refractivity contribution in [3.63, 3.8) is 0 Å². The lowest BCUT2D eigenvalue weighted by atomic mass is 10.1. The SMILES string of the molecule is CCCCCCCC(C)Oc1ccc(C=CC(=O)O)cc1. The smallest absolute Gasteiger partial charge is 0.328 e. The third-order valence-electron chi connectivity index (χ3n) is 3.35. The van der Waals surface area contributed by atoms with Crippen molar-refractivity contribution in [2.45, 2.75) is 58.5 Å². The minimum atomic E-state index is -0.938. The summed E-state index contributed by atoms with van der Waals surface area (Å²) >= 11 is 0. The molecule has 21 heavy (non-hydrogen) atoms. The summed E-state index contributed by atoms with van der Waals surface area (Å²) in [5.41, 5.74) is 0.858. The number of carboxylic acids is 1. The van der Waals surface area contributed by atoms with E-state index in [-0.39, 0.29) is 6.10 Å².